The van der Waals surface area contributed by atoms with E-state index in [4.69, 9.17) is 0 Å². The second kappa shape index (κ2) is 40.2. The summed E-state index contributed by atoms with van der Waals surface area (Å²) in [6, 6.07) is -1.01. The van der Waals surface area contributed by atoms with E-state index in [0.717, 1.165) is 64.2 Å². The quantitative estimate of drug-likeness (QED) is 0.0321. The summed E-state index contributed by atoms with van der Waals surface area (Å²) in [5.74, 6) is -0.608. The van der Waals surface area contributed by atoms with Crippen LogP contribution in [0.5, 0.6) is 0 Å². The highest BCUT2D eigenvalue weighted by Gasteiger charge is 2.28. The minimum Gasteiger partial charge on any atom is -0.394 e. The van der Waals surface area contributed by atoms with Crippen LogP contribution in [0.25, 0.3) is 0 Å². The Balaban J connectivity index is 3.77. The van der Waals surface area contributed by atoms with E-state index in [1.165, 1.54) is 96.3 Å². The van der Waals surface area contributed by atoms with Crippen molar-refractivity contribution in [2.24, 2.45) is 0 Å². The first kappa shape index (κ1) is 50.0. The number of allylic oxidation sites excluding steroid dienone is 10. The maximum Gasteiger partial charge on any atom is 0.249 e. The Kier molecular flexibility index (Phi) is 38.7. The summed E-state index contributed by atoms with van der Waals surface area (Å²) in [4.78, 5) is 12.5. The van der Waals surface area contributed by atoms with Gasteiger partial charge in [0.05, 0.1) is 18.8 Å². The van der Waals surface area contributed by atoms with Gasteiger partial charge in [-0.25, -0.2) is 0 Å². The third kappa shape index (κ3) is 33.8. The number of hydrogen-bond acceptors (Lipinski definition) is 5. The molecule has 52 heavy (non-hydrogen) atoms. The number of nitrogens with one attached hydrogen (secondary N) is 1. The van der Waals surface area contributed by atoms with Crippen molar-refractivity contribution in [2.45, 2.75) is 218 Å². The van der Waals surface area contributed by atoms with Crippen LogP contribution in [0.1, 0.15) is 194 Å². The lowest BCUT2D eigenvalue weighted by Gasteiger charge is -2.27. The predicted octanol–water partition coefficient (Wildman–Crippen LogP) is 11.3. The highest BCUT2D eigenvalue weighted by Crippen LogP contribution is 2.14. The van der Waals surface area contributed by atoms with Crippen LogP contribution in [-0.4, -0.2) is 57.3 Å². The fraction of sp³-hybridized carbons (Fsp3) is 0.761. The molecule has 6 heteroatoms. The molecule has 1 amide bonds. The normalized spacial score (nSPS) is 14.8. The smallest absolute Gasteiger partial charge is 0.249 e. The minimum atomic E-state index is -1.30. The Morgan fingerprint density at radius 3 is 1.44 bits per heavy atom. The molecule has 0 aromatic rings. The monoisotopic (exact) mass is 730 g/mol. The first-order chi connectivity index (χ1) is 25.5. The van der Waals surface area contributed by atoms with Gasteiger partial charge in [0.25, 0.3) is 0 Å². The zero-order chi connectivity index (χ0) is 38.2. The topological polar surface area (TPSA) is 110 Å². The number of carbonyl (C=O) groups is 1. The van der Waals surface area contributed by atoms with Gasteiger partial charge in [0.15, 0.2) is 0 Å². The van der Waals surface area contributed by atoms with Crippen molar-refractivity contribution < 1.29 is 25.2 Å². The Hall–Kier alpha value is -1.99. The van der Waals surface area contributed by atoms with Crippen molar-refractivity contribution in [3.63, 3.8) is 0 Å². The standard InChI is InChI=1S/C46H83NO5/c1-3-5-7-9-11-13-15-17-18-19-20-21-22-23-24-25-26-27-28-30-32-34-36-38-40-44(50)46(52)47-42(41-48)45(51)43(49)39-37-35-33-31-29-16-14-12-10-8-6-4-2/h4,6,12,14,20-21,23-24,31,33,42-45,48-51H,3,5,7-11,13,15-19,22,25-30,32,34-41H2,1-2H3,(H,47,52)/b6-4+,14-12+,21-20-,24-23-,33-31+. The number of amides is 1. The second-order valence-corrected chi connectivity index (χ2v) is 14.7. The van der Waals surface area contributed by atoms with Gasteiger partial charge >= 0.3 is 0 Å². The van der Waals surface area contributed by atoms with E-state index in [1.54, 1.807) is 0 Å². The molecule has 0 aromatic heterocycles. The molecule has 0 aliphatic heterocycles. The third-order valence-corrected chi connectivity index (χ3v) is 9.75. The highest BCUT2D eigenvalue weighted by atomic mass is 16.3. The lowest BCUT2D eigenvalue weighted by Crippen LogP contribution is -2.53. The zero-order valence-electron chi connectivity index (χ0n) is 33.8. The Bertz CT molecular complexity index is 910. The average Bonchev–Trinajstić information content (AvgIpc) is 3.15. The summed E-state index contributed by atoms with van der Waals surface area (Å²) < 4.78 is 0. The van der Waals surface area contributed by atoms with Gasteiger partial charge in [0.1, 0.15) is 12.2 Å². The van der Waals surface area contributed by atoms with Crippen molar-refractivity contribution in [1.82, 2.24) is 5.32 Å². The molecule has 0 aliphatic rings. The van der Waals surface area contributed by atoms with E-state index in [9.17, 15) is 25.2 Å². The van der Waals surface area contributed by atoms with Gasteiger partial charge in [0, 0.05) is 0 Å². The van der Waals surface area contributed by atoms with E-state index in [-0.39, 0.29) is 0 Å². The maximum absolute atomic E-state index is 12.5. The summed E-state index contributed by atoms with van der Waals surface area (Å²) in [7, 11) is 0. The Morgan fingerprint density at radius 2 is 0.942 bits per heavy atom. The molecular weight excluding hydrogens is 647 g/mol. The van der Waals surface area contributed by atoms with Crippen LogP contribution in [0, 0.1) is 0 Å². The van der Waals surface area contributed by atoms with E-state index in [1.807, 2.05) is 6.92 Å². The molecule has 0 spiro atoms. The van der Waals surface area contributed by atoms with Gasteiger partial charge < -0.3 is 25.7 Å². The summed E-state index contributed by atoms with van der Waals surface area (Å²) in [6.45, 7) is 3.80. The van der Waals surface area contributed by atoms with Crippen molar-refractivity contribution in [3.8, 4) is 0 Å². The molecule has 4 unspecified atom stereocenters. The zero-order valence-corrected chi connectivity index (χ0v) is 33.8. The first-order valence-electron chi connectivity index (χ1n) is 21.6. The number of rotatable bonds is 38. The van der Waals surface area contributed by atoms with Crippen molar-refractivity contribution >= 4 is 5.91 Å². The van der Waals surface area contributed by atoms with Crippen molar-refractivity contribution in [2.75, 3.05) is 6.61 Å². The summed E-state index contributed by atoms with van der Waals surface area (Å²) in [6.07, 6.45) is 49.8. The Labute approximate surface area is 321 Å². The average molecular weight is 730 g/mol. The molecule has 0 rings (SSSR count). The van der Waals surface area contributed by atoms with E-state index < -0.39 is 36.9 Å². The molecule has 0 heterocycles. The number of aliphatic hydroxyl groups excluding tert-OH is 4. The molecule has 5 N–H and O–H groups in total. The van der Waals surface area contributed by atoms with E-state index in [2.05, 4.69) is 73.0 Å². The summed E-state index contributed by atoms with van der Waals surface area (Å²) in [5, 5.41) is 43.5. The molecular formula is C46H83NO5. The van der Waals surface area contributed by atoms with Gasteiger partial charge in [-0.3, -0.25) is 4.79 Å². The lowest BCUT2D eigenvalue weighted by atomic mass is 10.00. The lowest BCUT2D eigenvalue weighted by molar-refractivity contribution is -0.132. The van der Waals surface area contributed by atoms with Gasteiger partial charge in [-0.15, -0.1) is 0 Å². The van der Waals surface area contributed by atoms with Crippen LogP contribution in [0.3, 0.4) is 0 Å². The maximum atomic E-state index is 12.5. The molecule has 0 saturated heterocycles. The SMILES string of the molecule is C/C=C/CC/C=C/CC/C=C/CCCC(O)C(O)C(CO)NC(=O)C(O)CCCCCCCCCC/C=C\C/C=C\CCCCCCCCCCC. The van der Waals surface area contributed by atoms with Gasteiger partial charge in [-0.1, -0.05) is 164 Å². The van der Waals surface area contributed by atoms with Crippen LogP contribution in [0.4, 0.5) is 0 Å². The molecule has 0 radical (unpaired) electrons. The molecule has 0 aliphatic carbocycles. The molecule has 6 nitrogen and oxygen atoms in total. The Morgan fingerprint density at radius 1 is 0.519 bits per heavy atom. The number of hydrogen-bond donors (Lipinski definition) is 5. The fourth-order valence-electron chi connectivity index (χ4n) is 6.30. The molecule has 0 saturated carbocycles. The highest BCUT2D eigenvalue weighted by molar-refractivity contribution is 5.80. The number of unbranched alkanes of at least 4 members (excludes halogenated alkanes) is 20. The molecule has 0 aromatic carbocycles. The van der Waals surface area contributed by atoms with Crippen molar-refractivity contribution in [1.29, 1.82) is 0 Å². The second-order valence-electron chi connectivity index (χ2n) is 14.7. The molecule has 0 bridgehead atoms. The van der Waals surface area contributed by atoms with Crippen molar-refractivity contribution in [3.05, 3.63) is 60.8 Å². The van der Waals surface area contributed by atoms with E-state index >= 15 is 0 Å². The van der Waals surface area contributed by atoms with Crippen LogP contribution >= 0.6 is 0 Å². The first-order valence-corrected chi connectivity index (χ1v) is 21.6. The fourth-order valence-corrected chi connectivity index (χ4v) is 6.30. The predicted molar refractivity (Wildman–Crippen MR) is 223 cm³/mol. The van der Waals surface area contributed by atoms with Crippen LogP contribution in [0.2, 0.25) is 0 Å². The minimum absolute atomic E-state index is 0.349. The molecule has 302 valence electrons. The number of aliphatic hydroxyl groups is 4. The van der Waals surface area contributed by atoms with Crippen LogP contribution in [-0.2, 0) is 4.79 Å². The van der Waals surface area contributed by atoms with E-state index in [0.29, 0.717) is 19.3 Å². The summed E-state index contributed by atoms with van der Waals surface area (Å²) >= 11 is 0. The van der Waals surface area contributed by atoms with Gasteiger partial charge in [0.2, 0.25) is 5.91 Å². The third-order valence-electron chi connectivity index (χ3n) is 9.75. The van der Waals surface area contributed by atoms with Gasteiger partial charge in [-0.2, -0.15) is 0 Å². The largest absolute Gasteiger partial charge is 0.394 e. The van der Waals surface area contributed by atoms with Crippen LogP contribution < -0.4 is 5.32 Å². The molecule has 0 fully saturated rings. The summed E-state index contributed by atoms with van der Waals surface area (Å²) in [5.41, 5.74) is 0. The molecule has 4 atom stereocenters. The number of carbonyl (C=O) groups excluding carboxylic acids is 1. The van der Waals surface area contributed by atoms with Crippen LogP contribution in [0.15, 0.2) is 60.8 Å². The van der Waals surface area contributed by atoms with Gasteiger partial charge in [-0.05, 0) is 90.4 Å².